The van der Waals surface area contributed by atoms with Crippen molar-refractivity contribution in [3.63, 3.8) is 0 Å². The van der Waals surface area contributed by atoms with Crippen LogP contribution in [0.15, 0.2) is 53.0 Å². The molecule has 0 radical (unpaired) electrons. The first-order chi connectivity index (χ1) is 10.9. The van der Waals surface area contributed by atoms with Gasteiger partial charge in [-0.2, -0.15) is 0 Å². The topological polar surface area (TPSA) is 9.23 Å². The molecule has 23 heavy (non-hydrogen) atoms. The zero-order chi connectivity index (χ0) is 16.5. The maximum absolute atomic E-state index is 6.03. The molecule has 0 heterocycles. The van der Waals surface area contributed by atoms with Crippen molar-refractivity contribution in [1.82, 2.24) is 0 Å². The van der Waals surface area contributed by atoms with E-state index in [-0.39, 0.29) is 10.8 Å². The predicted octanol–water partition coefficient (Wildman–Crippen LogP) is 6.00. The van der Waals surface area contributed by atoms with Crippen molar-refractivity contribution in [2.45, 2.75) is 51.0 Å². The van der Waals surface area contributed by atoms with Crippen molar-refractivity contribution < 1.29 is 4.74 Å². The quantitative estimate of drug-likeness (QED) is 0.625. The number of halogens is 1. The third-order valence-electron chi connectivity index (χ3n) is 4.75. The van der Waals surface area contributed by atoms with Gasteiger partial charge in [0.2, 0.25) is 0 Å². The van der Waals surface area contributed by atoms with Crippen LogP contribution in [0.25, 0.3) is 0 Å². The van der Waals surface area contributed by atoms with Crippen molar-refractivity contribution >= 4 is 15.9 Å². The molecule has 0 saturated heterocycles. The second-order valence-corrected chi connectivity index (χ2v) is 8.65. The molecule has 1 saturated carbocycles. The Morgan fingerprint density at radius 1 is 1.04 bits per heavy atom. The van der Waals surface area contributed by atoms with Crippen LogP contribution >= 0.6 is 15.9 Å². The van der Waals surface area contributed by atoms with Gasteiger partial charge in [-0.3, -0.25) is 0 Å². The highest BCUT2D eigenvalue weighted by molar-refractivity contribution is 9.10. The molecule has 2 heteroatoms. The molecule has 1 nitrogen and oxygen atoms in total. The van der Waals surface area contributed by atoms with Crippen molar-refractivity contribution in [2.75, 3.05) is 6.61 Å². The molecule has 1 aliphatic rings. The molecule has 0 bridgehead atoms. The molecule has 2 aromatic rings. The van der Waals surface area contributed by atoms with Gasteiger partial charge in [-0.1, -0.05) is 73.1 Å². The Morgan fingerprint density at radius 3 is 2.30 bits per heavy atom. The van der Waals surface area contributed by atoms with E-state index in [1.54, 1.807) is 0 Å². The van der Waals surface area contributed by atoms with Crippen molar-refractivity contribution in [3.8, 4) is 0 Å². The SMILES string of the molecule is CC(C)(C)c1ccc(C2(COCc3cccc(Br)c3)CC2)cc1. The average Bonchev–Trinajstić information content (AvgIpc) is 3.28. The van der Waals surface area contributed by atoms with Crippen molar-refractivity contribution in [1.29, 1.82) is 0 Å². The maximum atomic E-state index is 6.03. The summed E-state index contributed by atoms with van der Waals surface area (Å²) in [6.45, 7) is 8.28. The van der Waals surface area contributed by atoms with Crippen molar-refractivity contribution in [3.05, 3.63) is 69.7 Å². The lowest BCUT2D eigenvalue weighted by Gasteiger charge is -2.21. The molecule has 1 fully saturated rings. The summed E-state index contributed by atoms with van der Waals surface area (Å²) in [6, 6.07) is 17.5. The van der Waals surface area contributed by atoms with Crippen molar-refractivity contribution in [2.24, 2.45) is 0 Å². The van der Waals surface area contributed by atoms with Gasteiger partial charge in [0.05, 0.1) is 13.2 Å². The Hall–Kier alpha value is -1.12. The highest BCUT2D eigenvalue weighted by atomic mass is 79.9. The fraction of sp³-hybridized carbons (Fsp3) is 0.429. The van der Waals surface area contributed by atoms with E-state index in [1.807, 2.05) is 6.07 Å². The number of rotatable bonds is 5. The predicted molar refractivity (Wildman–Crippen MR) is 99.9 cm³/mol. The highest BCUT2D eigenvalue weighted by Crippen LogP contribution is 2.48. The second-order valence-electron chi connectivity index (χ2n) is 7.73. The van der Waals surface area contributed by atoms with Gasteiger partial charge in [0, 0.05) is 9.89 Å². The number of ether oxygens (including phenoxy) is 1. The minimum atomic E-state index is 0.215. The minimum Gasteiger partial charge on any atom is -0.376 e. The van der Waals surface area contributed by atoms with Gasteiger partial charge >= 0.3 is 0 Å². The van der Waals surface area contributed by atoms with Crippen LogP contribution in [-0.2, 0) is 22.2 Å². The van der Waals surface area contributed by atoms with Gasteiger partial charge in [0.1, 0.15) is 0 Å². The standard InChI is InChI=1S/C21H25BrO/c1-20(2,3)17-7-9-18(10-8-17)21(11-12-21)15-23-14-16-5-4-6-19(22)13-16/h4-10,13H,11-12,14-15H2,1-3H3. The van der Waals surface area contributed by atoms with Crippen LogP contribution in [0.2, 0.25) is 0 Å². The summed E-state index contributed by atoms with van der Waals surface area (Å²) in [7, 11) is 0. The maximum Gasteiger partial charge on any atom is 0.0717 e. The zero-order valence-corrected chi connectivity index (χ0v) is 15.8. The number of hydrogen-bond donors (Lipinski definition) is 0. The summed E-state index contributed by atoms with van der Waals surface area (Å²) in [4.78, 5) is 0. The molecule has 3 rings (SSSR count). The van der Waals surface area contributed by atoms with E-state index in [1.165, 1.54) is 29.5 Å². The van der Waals surface area contributed by atoms with Gasteiger partial charge in [-0.05, 0) is 47.1 Å². The Morgan fingerprint density at radius 2 is 1.74 bits per heavy atom. The molecule has 0 spiro atoms. The van der Waals surface area contributed by atoms with Crippen LogP contribution in [-0.4, -0.2) is 6.61 Å². The van der Waals surface area contributed by atoms with Gasteiger partial charge < -0.3 is 4.74 Å². The molecule has 0 atom stereocenters. The molecule has 0 aromatic heterocycles. The number of hydrogen-bond acceptors (Lipinski definition) is 1. The molecule has 2 aromatic carbocycles. The van der Waals surface area contributed by atoms with E-state index >= 15 is 0 Å². The molecule has 1 aliphatic carbocycles. The molecule has 122 valence electrons. The minimum absolute atomic E-state index is 0.215. The Kier molecular flexibility index (Phi) is 4.66. The summed E-state index contributed by atoms with van der Waals surface area (Å²) < 4.78 is 7.14. The molecular weight excluding hydrogens is 348 g/mol. The summed E-state index contributed by atoms with van der Waals surface area (Å²) in [5.41, 5.74) is 4.51. The lowest BCUT2D eigenvalue weighted by atomic mass is 9.85. The summed E-state index contributed by atoms with van der Waals surface area (Å²) in [5, 5.41) is 0. The Balaban J connectivity index is 1.61. The average molecular weight is 373 g/mol. The Labute approximate surface area is 148 Å². The fourth-order valence-corrected chi connectivity index (χ4v) is 3.43. The molecule has 0 unspecified atom stereocenters. The molecule has 0 N–H and O–H groups in total. The largest absolute Gasteiger partial charge is 0.376 e. The number of benzene rings is 2. The molecule has 0 amide bonds. The lowest BCUT2D eigenvalue weighted by molar-refractivity contribution is 0.100. The van der Waals surface area contributed by atoms with Crippen LogP contribution in [0.4, 0.5) is 0 Å². The van der Waals surface area contributed by atoms with E-state index in [0.29, 0.717) is 6.61 Å². The van der Waals surface area contributed by atoms with E-state index < -0.39 is 0 Å². The summed E-state index contributed by atoms with van der Waals surface area (Å²) in [5.74, 6) is 0. The normalized spacial score (nSPS) is 16.3. The van der Waals surface area contributed by atoms with E-state index in [2.05, 4.69) is 79.2 Å². The first-order valence-electron chi connectivity index (χ1n) is 8.32. The van der Waals surface area contributed by atoms with Crippen LogP contribution < -0.4 is 0 Å². The highest BCUT2D eigenvalue weighted by Gasteiger charge is 2.44. The molecule has 0 aliphatic heterocycles. The van der Waals surface area contributed by atoms with Gasteiger partial charge in [-0.15, -0.1) is 0 Å². The van der Waals surface area contributed by atoms with Crippen LogP contribution in [0.1, 0.15) is 50.3 Å². The third kappa shape index (κ3) is 4.05. The smallest absolute Gasteiger partial charge is 0.0717 e. The lowest BCUT2D eigenvalue weighted by Crippen LogP contribution is -2.16. The van der Waals surface area contributed by atoms with Crippen LogP contribution in [0.3, 0.4) is 0 Å². The van der Waals surface area contributed by atoms with Gasteiger partial charge in [-0.25, -0.2) is 0 Å². The monoisotopic (exact) mass is 372 g/mol. The second kappa shape index (κ2) is 6.41. The van der Waals surface area contributed by atoms with Gasteiger partial charge in [0.25, 0.3) is 0 Å². The first kappa shape index (κ1) is 16.7. The molecular formula is C21H25BrO. The van der Waals surface area contributed by atoms with Crippen LogP contribution in [0.5, 0.6) is 0 Å². The summed E-state index contributed by atoms with van der Waals surface area (Å²) in [6.07, 6.45) is 2.47. The van der Waals surface area contributed by atoms with E-state index in [9.17, 15) is 0 Å². The Bertz CT molecular complexity index is 663. The van der Waals surface area contributed by atoms with E-state index in [0.717, 1.165) is 11.1 Å². The fourth-order valence-electron chi connectivity index (χ4n) is 2.98. The van der Waals surface area contributed by atoms with Gasteiger partial charge in [0.15, 0.2) is 0 Å². The zero-order valence-electron chi connectivity index (χ0n) is 14.2. The summed E-state index contributed by atoms with van der Waals surface area (Å²) >= 11 is 3.51. The van der Waals surface area contributed by atoms with E-state index in [4.69, 9.17) is 4.74 Å². The third-order valence-corrected chi connectivity index (χ3v) is 5.25. The van der Waals surface area contributed by atoms with Crippen LogP contribution in [0, 0.1) is 0 Å². The first-order valence-corrected chi connectivity index (χ1v) is 9.12.